The predicted molar refractivity (Wildman–Crippen MR) is 85.7 cm³/mol. The molecule has 0 radical (unpaired) electrons. The van der Waals surface area contributed by atoms with E-state index in [1.807, 2.05) is 28.7 Å². The van der Waals surface area contributed by atoms with Gasteiger partial charge in [-0.2, -0.15) is 22.7 Å². The first kappa shape index (κ1) is 14.6. The minimum Gasteiger partial charge on any atom is -0.367 e. The minimum atomic E-state index is -0.0214. The van der Waals surface area contributed by atoms with Crippen LogP contribution in [0.4, 0.5) is 4.79 Å². The Morgan fingerprint density at radius 2 is 2.14 bits per heavy atom. The summed E-state index contributed by atoms with van der Waals surface area (Å²) in [4.78, 5) is 14.2. The summed E-state index contributed by atoms with van der Waals surface area (Å²) in [5.41, 5.74) is 2.30. The number of urea groups is 1. The molecule has 2 aromatic rings. The fourth-order valence-corrected chi connectivity index (χ4v) is 3.81. The molecule has 1 aliphatic heterocycles. The Hall–Kier alpha value is -1.37. The number of carbonyl (C=O) groups is 1. The molecule has 112 valence electrons. The first-order chi connectivity index (χ1) is 10.2. The Kier molecular flexibility index (Phi) is 4.57. The van der Waals surface area contributed by atoms with Gasteiger partial charge in [0.05, 0.1) is 12.6 Å². The van der Waals surface area contributed by atoms with Gasteiger partial charge in [0.15, 0.2) is 0 Å². The van der Waals surface area contributed by atoms with Crippen molar-refractivity contribution in [3.8, 4) is 0 Å². The molecule has 0 aromatic carbocycles. The molecule has 2 aromatic heterocycles. The van der Waals surface area contributed by atoms with Gasteiger partial charge in [-0.05, 0) is 51.7 Å². The third-order valence-corrected chi connectivity index (χ3v) is 4.92. The lowest BCUT2D eigenvalue weighted by Crippen LogP contribution is -2.49. The van der Waals surface area contributed by atoms with Crippen molar-refractivity contribution in [2.45, 2.75) is 25.7 Å². The van der Waals surface area contributed by atoms with Crippen molar-refractivity contribution in [3.63, 3.8) is 0 Å². The summed E-state index contributed by atoms with van der Waals surface area (Å²) in [6.45, 7) is 3.83. The Morgan fingerprint density at radius 1 is 1.33 bits per heavy atom. The molecule has 0 bridgehead atoms. The van der Waals surface area contributed by atoms with Gasteiger partial charge in [0.25, 0.3) is 0 Å². The SMILES string of the molecule is C[C@H]1CN(C(=O)NCc2ccsc2)C[C@H](c2ccsc2)O1. The number of nitrogens with zero attached hydrogens (tertiary/aromatic N) is 1. The van der Waals surface area contributed by atoms with Crippen molar-refractivity contribution >= 4 is 28.7 Å². The van der Waals surface area contributed by atoms with Gasteiger partial charge in [-0.15, -0.1) is 0 Å². The molecule has 3 rings (SSSR count). The second kappa shape index (κ2) is 6.60. The first-order valence-electron chi connectivity index (χ1n) is 6.94. The first-order valence-corrected chi connectivity index (χ1v) is 8.82. The highest BCUT2D eigenvalue weighted by Gasteiger charge is 2.29. The van der Waals surface area contributed by atoms with E-state index in [9.17, 15) is 4.79 Å². The molecule has 1 aliphatic rings. The van der Waals surface area contributed by atoms with Gasteiger partial charge >= 0.3 is 6.03 Å². The van der Waals surface area contributed by atoms with Gasteiger partial charge in [-0.3, -0.25) is 0 Å². The van der Waals surface area contributed by atoms with E-state index in [1.54, 1.807) is 22.7 Å². The molecular formula is C15H18N2O2S2. The van der Waals surface area contributed by atoms with Crippen molar-refractivity contribution in [3.05, 3.63) is 44.8 Å². The van der Waals surface area contributed by atoms with E-state index in [4.69, 9.17) is 4.74 Å². The van der Waals surface area contributed by atoms with Crippen molar-refractivity contribution in [1.29, 1.82) is 0 Å². The van der Waals surface area contributed by atoms with E-state index in [1.165, 1.54) is 0 Å². The summed E-state index contributed by atoms with van der Waals surface area (Å²) in [5.74, 6) is 0. The summed E-state index contributed by atoms with van der Waals surface area (Å²) < 4.78 is 5.95. The van der Waals surface area contributed by atoms with E-state index < -0.39 is 0 Å². The Labute approximate surface area is 132 Å². The highest BCUT2D eigenvalue weighted by Crippen LogP contribution is 2.26. The summed E-state index contributed by atoms with van der Waals surface area (Å²) >= 11 is 3.30. The summed E-state index contributed by atoms with van der Waals surface area (Å²) in [6, 6.07) is 4.08. The second-order valence-electron chi connectivity index (χ2n) is 5.19. The monoisotopic (exact) mass is 322 g/mol. The van der Waals surface area contributed by atoms with Crippen LogP contribution in [0.1, 0.15) is 24.2 Å². The molecular weight excluding hydrogens is 304 g/mol. The topological polar surface area (TPSA) is 41.6 Å². The number of rotatable bonds is 3. The zero-order valence-electron chi connectivity index (χ0n) is 11.8. The highest BCUT2D eigenvalue weighted by molar-refractivity contribution is 7.08. The highest BCUT2D eigenvalue weighted by atomic mass is 32.1. The van der Waals surface area contributed by atoms with Crippen molar-refractivity contribution < 1.29 is 9.53 Å². The number of morpholine rings is 1. The molecule has 21 heavy (non-hydrogen) atoms. The Bertz CT molecular complexity index is 569. The van der Waals surface area contributed by atoms with Gasteiger partial charge in [0, 0.05) is 13.1 Å². The maximum atomic E-state index is 12.3. The van der Waals surface area contributed by atoms with E-state index in [2.05, 4.69) is 22.1 Å². The third-order valence-electron chi connectivity index (χ3n) is 3.49. The van der Waals surface area contributed by atoms with Crippen molar-refractivity contribution in [1.82, 2.24) is 10.2 Å². The molecule has 0 aliphatic carbocycles. The molecule has 1 saturated heterocycles. The Balaban J connectivity index is 1.60. The van der Waals surface area contributed by atoms with Gasteiger partial charge < -0.3 is 15.0 Å². The predicted octanol–water partition coefficient (Wildman–Crippen LogP) is 3.48. The van der Waals surface area contributed by atoms with Gasteiger partial charge in [0.1, 0.15) is 6.10 Å². The molecule has 1 N–H and O–H groups in total. The average molecular weight is 322 g/mol. The van der Waals surface area contributed by atoms with E-state index >= 15 is 0 Å². The van der Waals surface area contributed by atoms with E-state index in [0.29, 0.717) is 19.6 Å². The van der Waals surface area contributed by atoms with Crippen LogP contribution >= 0.6 is 22.7 Å². The van der Waals surface area contributed by atoms with E-state index in [0.717, 1.165) is 11.1 Å². The van der Waals surface area contributed by atoms with Crippen molar-refractivity contribution in [2.24, 2.45) is 0 Å². The molecule has 4 nitrogen and oxygen atoms in total. The quantitative estimate of drug-likeness (QED) is 0.940. The Morgan fingerprint density at radius 3 is 2.86 bits per heavy atom. The van der Waals surface area contributed by atoms with Crippen LogP contribution in [0.5, 0.6) is 0 Å². The van der Waals surface area contributed by atoms with Crippen LogP contribution in [0.3, 0.4) is 0 Å². The molecule has 0 unspecified atom stereocenters. The third kappa shape index (κ3) is 3.64. The molecule has 0 saturated carbocycles. The number of thiophene rings is 2. The largest absolute Gasteiger partial charge is 0.367 e. The molecule has 1 fully saturated rings. The van der Waals surface area contributed by atoms with Crippen LogP contribution in [0.15, 0.2) is 33.7 Å². The normalized spacial score (nSPS) is 22.2. The summed E-state index contributed by atoms with van der Waals surface area (Å²) in [6.07, 6.45) is 0.0300. The number of ether oxygens (including phenoxy) is 1. The standard InChI is InChI=1S/C15H18N2O2S2/c1-11-7-17(8-14(19-11)13-3-5-21-10-13)15(18)16-6-12-2-4-20-9-12/h2-5,9-11,14H,6-8H2,1H3,(H,16,18)/t11-,14+/m0/s1. The molecule has 2 atom stereocenters. The van der Waals surface area contributed by atoms with Gasteiger partial charge in [0.2, 0.25) is 0 Å². The second-order valence-corrected chi connectivity index (χ2v) is 6.75. The van der Waals surface area contributed by atoms with Gasteiger partial charge in [-0.1, -0.05) is 0 Å². The minimum absolute atomic E-state index is 0.0171. The number of amides is 2. The van der Waals surface area contributed by atoms with E-state index in [-0.39, 0.29) is 18.2 Å². The number of nitrogens with one attached hydrogen (secondary N) is 1. The van der Waals surface area contributed by atoms with Crippen LogP contribution < -0.4 is 5.32 Å². The summed E-state index contributed by atoms with van der Waals surface area (Å²) in [7, 11) is 0. The van der Waals surface area contributed by atoms with Gasteiger partial charge in [-0.25, -0.2) is 4.79 Å². The van der Waals surface area contributed by atoms with Crippen LogP contribution in [0.2, 0.25) is 0 Å². The summed E-state index contributed by atoms with van der Waals surface area (Å²) in [5, 5.41) is 11.2. The van der Waals surface area contributed by atoms with Crippen LogP contribution in [-0.2, 0) is 11.3 Å². The number of carbonyl (C=O) groups excluding carboxylic acids is 1. The number of hydrogen-bond donors (Lipinski definition) is 1. The molecule has 3 heterocycles. The number of hydrogen-bond acceptors (Lipinski definition) is 4. The lowest BCUT2D eigenvalue weighted by atomic mass is 10.1. The van der Waals surface area contributed by atoms with Crippen LogP contribution in [-0.4, -0.2) is 30.1 Å². The lowest BCUT2D eigenvalue weighted by Gasteiger charge is -2.36. The fraction of sp³-hybridized carbons (Fsp3) is 0.400. The average Bonchev–Trinajstić information content (AvgIpc) is 3.17. The zero-order chi connectivity index (χ0) is 14.7. The molecule has 2 amide bonds. The maximum Gasteiger partial charge on any atom is 0.317 e. The molecule has 6 heteroatoms. The smallest absolute Gasteiger partial charge is 0.317 e. The van der Waals surface area contributed by atoms with Crippen LogP contribution in [0.25, 0.3) is 0 Å². The van der Waals surface area contributed by atoms with Crippen molar-refractivity contribution in [2.75, 3.05) is 13.1 Å². The molecule has 0 spiro atoms. The zero-order valence-corrected chi connectivity index (χ0v) is 13.5. The van der Waals surface area contributed by atoms with Crippen LogP contribution in [0, 0.1) is 0 Å². The maximum absolute atomic E-state index is 12.3. The fourth-order valence-electron chi connectivity index (χ4n) is 2.44. The lowest BCUT2D eigenvalue weighted by molar-refractivity contribution is -0.0655.